The Morgan fingerprint density at radius 3 is 2.11 bits per heavy atom. The molecule has 1 saturated carbocycles. The second kappa shape index (κ2) is 34.3. The Bertz CT molecular complexity index is 799. The van der Waals surface area contributed by atoms with Crippen molar-refractivity contribution in [2.45, 2.75) is 71.9 Å². The summed E-state index contributed by atoms with van der Waals surface area (Å²) in [5, 5.41) is 6.28. The SMILES string of the molecule is CC1CCCCC1.CCNC(COCCCc1ccccc1)NC(=O)CN1CCOCC1.CCOC=O.NC=O.O=CC=O. The van der Waals surface area contributed by atoms with E-state index in [1.165, 1.54) is 37.7 Å². The van der Waals surface area contributed by atoms with Crippen molar-refractivity contribution in [2.24, 2.45) is 11.7 Å². The molecule has 0 aromatic heterocycles. The van der Waals surface area contributed by atoms with Crippen LogP contribution in [-0.4, -0.2) is 102 Å². The molecule has 0 radical (unpaired) electrons. The molecule has 1 aromatic carbocycles. The Labute approximate surface area is 263 Å². The lowest BCUT2D eigenvalue weighted by Gasteiger charge is -2.27. The number of primary amides is 1. The van der Waals surface area contributed by atoms with Crippen molar-refractivity contribution >= 4 is 31.4 Å². The number of likely N-dealkylation sites (N-methyl/N-ethyl adjacent to an activating group) is 1. The summed E-state index contributed by atoms with van der Waals surface area (Å²) in [7, 11) is 0. The molecule has 1 aliphatic heterocycles. The second-order valence-electron chi connectivity index (χ2n) is 9.93. The molecule has 2 aliphatic rings. The van der Waals surface area contributed by atoms with E-state index in [0.29, 0.717) is 46.1 Å². The lowest BCUT2D eigenvalue weighted by atomic mass is 9.91. The molecular weight excluding hydrogens is 568 g/mol. The number of amides is 2. The van der Waals surface area contributed by atoms with E-state index < -0.39 is 0 Å². The number of aryl methyl sites for hydroxylation is 1. The molecule has 1 atom stereocenters. The van der Waals surface area contributed by atoms with E-state index in [-0.39, 0.29) is 31.1 Å². The first-order valence-electron chi connectivity index (χ1n) is 15.5. The van der Waals surface area contributed by atoms with E-state index in [0.717, 1.165) is 38.4 Å². The van der Waals surface area contributed by atoms with Gasteiger partial charge in [0.05, 0.1) is 33.0 Å². The first-order valence-corrected chi connectivity index (χ1v) is 15.5. The predicted octanol–water partition coefficient (Wildman–Crippen LogP) is 2.27. The Morgan fingerprint density at radius 1 is 1.05 bits per heavy atom. The number of nitrogens with two attached hydrogens (primary N) is 1. The maximum absolute atomic E-state index is 12.2. The number of rotatable bonds is 14. The maximum Gasteiger partial charge on any atom is 0.293 e. The van der Waals surface area contributed by atoms with Crippen molar-refractivity contribution < 1.29 is 38.2 Å². The summed E-state index contributed by atoms with van der Waals surface area (Å²) in [4.78, 5) is 49.7. The summed E-state index contributed by atoms with van der Waals surface area (Å²) in [6.45, 7) is 12.5. The van der Waals surface area contributed by atoms with Crippen LogP contribution in [0.2, 0.25) is 0 Å². The molecule has 252 valence electrons. The number of morpholine rings is 1. The number of hydrogen-bond donors (Lipinski definition) is 3. The van der Waals surface area contributed by atoms with Gasteiger partial charge in [0.1, 0.15) is 6.17 Å². The highest BCUT2D eigenvalue weighted by Crippen LogP contribution is 2.22. The molecule has 1 aliphatic carbocycles. The predicted molar refractivity (Wildman–Crippen MR) is 171 cm³/mol. The first-order chi connectivity index (χ1) is 21.4. The van der Waals surface area contributed by atoms with Crippen molar-refractivity contribution in [3.8, 4) is 0 Å². The van der Waals surface area contributed by atoms with Crippen molar-refractivity contribution in [1.82, 2.24) is 15.5 Å². The van der Waals surface area contributed by atoms with Gasteiger partial charge in [0.2, 0.25) is 12.3 Å². The Kier molecular flexibility index (Phi) is 33.5. The van der Waals surface area contributed by atoms with Gasteiger partial charge >= 0.3 is 0 Å². The lowest BCUT2D eigenvalue weighted by molar-refractivity contribution is -0.128. The number of nitrogens with zero attached hydrogens (tertiary/aromatic N) is 1. The molecule has 3 rings (SSSR count). The van der Waals surface area contributed by atoms with E-state index in [2.05, 4.69) is 57.2 Å². The van der Waals surface area contributed by atoms with Gasteiger partial charge in [-0.2, -0.15) is 0 Å². The minimum atomic E-state index is -0.143. The third-order valence-corrected chi connectivity index (χ3v) is 6.32. The highest BCUT2D eigenvalue weighted by atomic mass is 16.5. The van der Waals surface area contributed by atoms with Gasteiger partial charge in [-0.15, -0.1) is 0 Å². The zero-order valence-corrected chi connectivity index (χ0v) is 27.0. The van der Waals surface area contributed by atoms with Crippen LogP contribution in [0.1, 0.15) is 64.9 Å². The minimum absolute atomic E-state index is 0.0285. The summed E-state index contributed by atoms with van der Waals surface area (Å²) in [5.41, 5.74) is 5.49. The molecule has 12 nitrogen and oxygen atoms in total. The van der Waals surface area contributed by atoms with E-state index in [4.69, 9.17) is 23.9 Å². The summed E-state index contributed by atoms with van der Waals surface area (Å²) in [6.07, 6.45) is 9.92. The monoisotopic (exact) mass is 624 g/mol. The van der Waals surface area contributed by atoms with E-state index >= 15 is 0 Å². The summed E-state index contributed by atoms with van der Waals surface area (Å²) < 4.78 is 15.2. The van der Waals surface area contributed by atoms with Gasteiger partial charge in [0.25, 0.3) is 6.47 Å². The van der Waals surface area contributed by atoms with Gasteiger partial charge in [-0.3, -0.25) is 34.2 Å². The molecule has 4 N–H and O–H groups in total. The number of ether oxygens (including phenoxy) is 3. The molecule has 2 amide bonds. The standard InChI is InChI=1S/C19H31N3O3.C7H14.C3H6O2.C2H2O2.CH3NO/c1-2-20-18(21-19(23)15-22-10-13-24-14-11-22)16-25-12-6-9-17-7-4-3-5-8-17;1-7-5-3-2-4-6-7;1-2-5-3-4;3-1-2-4;2-1-3/h3-5,7-8,18,20H,2,6,9-16H2,1H3,(H,21,23);7H,2-6H2,1H3;3H,2H2,1H3;1-2H;1H,(H2,2,3). The molecule has 12 heteroatoms. The van der Waals surface area contributed by atoms with Crippen LogP contribution >= 0.6 is 0 Å². The fraction of sp³-hybridized carbons (Fsp3) is 0.656. The normalized spacial score (nSPS) is 14.9. The number of carbonyl (C=O) groups excluding carboxylic acids is 5. The minimum Gasteiger partial charge on any atom is -0.468 e. The van der Waals surface area contributed by atoms with E-state index in [1.807, 2.05) is 13.0 Å². The fourth-order valence-electron chi connectivity index (χ4n) is 4.20. The summed E-state index contributed by atoms with van der Waals surface area (Å²) in [6, 6.07) is 10.4. The highest BCUT2D eigenvalue weighted by Gasteiger charge is 2.17. The number of carbonyl (C=O) groups is 5. The van der Waals surface area contributed by atoms with Gasteiger partial charge in [-0.25, -0.2) is 0 Å². The summed E-state index contributed by atoms with van der Waals surface area (Å²) >= 11 is 0. The van der Waals surface area contributed by atoms with Crippen molar-refractivity contribution in [2.75, 3.05) is 59.2 Å². The zero-order chi connectivity index (χ0) is 33.1. The molecule has 1 aromatic rings. The van der Waals surface area contributed by atoms with Crippen LogP contribution in [-0.2, 0) is 44.6 Å². The summed E-state index contributed by atoms with van der Waals surface area (Å²) in [5.74, 6) is 1.06. The van der Waals surface area contributed by atoms with Gasteiger partial charge in [0, 0.05) is 19.7 Å². The smallest absolute Gasteiger partial charge is 0.293 e. The van der Waals surface area contributed by atoms with Gasteiger partial charge in [-0.1, -0.05) is 76.3 Å². The molecule has 0 bridgehead atoms. The molecule has 0 spiro atoms. The Balaban J connectivity index is 0. The average Bonchev–Trinajstić information content (AvgIpc) is 3.04. The number of benzene rings is 1. The quantitative estimate of drug-likeness (QED) is 0.121. The molecule has 44 heavy (non-hydrogen) atoms. The molecule has 1 saturated heterocycles. The van der Waals surface area contributed by atoms with Crippen molar-refractivity contribution in [3.05, 3.63) is 35.9 Å². The topological polar surface area (TPSA) is 166 Å². The molecule has 1 heterocycles. The molecule has 1 unspecified atom stereocenters. The third kappa shape index (κ3) is 30.3. The van der Waals surface area contributed by atoms with Crippen LogP contribution in [0.3, 0.4) is 0 Å². The van der Waals surface area contributed by atoms with Gasteiger partial charge in [-0.05, 0) is 37.8 Å². The van der Waals surface area contributed by atoms with Crippen LogP contribution < -0.4 is 16.4 Å². The first kappa shape index (κ1) is 42.9. The van der Waals surface area contributed by atoms with E-state index in [1.54, 1.807) is 6.92 Å². The Hall–Kier alpha value is -3.19. The fourth-order valence-corrected chi connectivity index (χ4v) is 4.20. The van der Waals surface area contributed by atoms with Crippen LogP contribution in [0, 0.1) is 5.92 Å². The van der Waals surface area contributed by atoms with Crippen LogP contribution in [0.15, 0.2) is 30.3 Å². The van der Waals surface area contributed by atoms with Crippen LogP contribution in [0.25, 0.3) is 0 Å². The maximum atomic E-state index is 12.2. The third-order valence-electron chi connectivity index (χ3n) is 6.32. The highest BCUT2D eigenvalue weighted by molar-refractivity contribution is 6.09. The Morgan fingerprint density at radius 2 is 1.66 bits per heavy atom. The van der Waals surface area contributed by atoms with Gasteiger partial charge < -0.3 is 25.3 Å². The van der Waals surface area contributed by atoms with Gasteiger partial charge in [0.15, 0.2) is 12.6 Å². The van der Waals surface area contributed by atoms with Crippen molar-refractivity contribution in [1.29, 1.82) is 0 Å². The number of hydrogen-bond acceptors (Lipinski definition) is 10. The largest absolute Gasteiger partial charge is 0.468 e. The molecule has 2 fully saturated rings. The molecular formula is C32H56N4O8. The lowest BCUT2D eigenvalue weighted by Crippen LogP contribution is -2.52. The van der Waals surface area contributed by atoms with E-state index in [9.17, 15) is 9.59 Å². The second-order valence-corrected chi connectivity index (χ2v) is 9.93. The zero-order valence-electron chi connectivity index (χ0n) is 27.0. The van der Waals surface area contributed by atoms with Crippen molar-refractivity contribution in [3.63, 3.8) is 0 Å². The van der Waals surface area contributed by atoms with Crippen LogP contribution in [0.4, 0.5) is 0 Å². The number of nitrogens with one attached hydrogen (secondary N) is 2. The average molecular weight is 625 g/mol. The van der Waals surface area contributed by atoms with Crippen LogP contribution in [0.5, 0.6) is 0 Å². The number of aldehydes is 2.